The average Bonchev–Trinajstić information content (AvgIpc) is 3.04. The Balaban J connectivity index is 1.95. The zero-order chi connectivity index (χ0) is 15.9. The van der Waals surface area contributed by atoms with Gasteiger partial charge in [-0.1, -0.05) is 6.07 Å². The SMILES string of the molecule is Cc1cccc([C@H]2CCCN2C(=O)c2c(C)nn(C)c2C)n1. The van der Waals surface area contributed by atoms with Crippen LogP contribution in [0.3, 0.4) is 0 Å². The summed E-state index contributed by atoms with van der Waals surface area (Å²) >= 11 is 0. The molecule has 116 valence electrons. The van der Waals surface area contributed by atoms with Gasteiger partial charge in [-0.25, -0.2) is 0 Å². The van der Waals surface area contributed by atoms with Gasteiger partial charge in [0.25, 0.3) is 5.91 Å². The summed E-state index contributed by atoms with van der Waals surface area (Å²) in [6.07, 6.45) is 1.99. The summed E-state index contributed by atoms with van der Waals surface area (Å²) in [5.41, 5.74) is 4.44. The number of rotatable bonds is 2. The average molecular weight is 298 g/mol. The van der Waals surface area contributed by atoms with Crippen LogP contribution in [0.4, 0.5) is 0 Å². The molecule has 2 aromatic heterocycles. The number of aryl methyl sites for hydroxylation is 3. The van der Waals surface area contributed by atoms with Crippen LogP contribution in [0.15, 0.2) is 18.2 Å². The fraction of sp³-hybridized carbons (Fsp3) is 0.471. The molecule has 0 N–H and O–H groups in total. The minimum Gasteiger partial charge on any atom is -0.330 e. The molecule has 1 fully saturated rings. The summed E-state index contributed by atoms with van der Waals surface area (Å²) in [5.74, 6) is 0.0777. The lowest BCUT2D eigenvalue weighted by Gasteiger charge is -2.24. The Bertz CT molecular complexity index is 719. The van der Waals surface area contributed by atoms with E-state index in [1.165, 1.54) is 0 Å². The van der Waals surface area contributed by atoms with Crippen LogP contribution in [-0.2, 0) is 7.05 Å². The quantitative estimate of drug-likeness (QED) is 0.856. The predicted octanol–water partition coefficient (Wildman–Crippen LogP) is 2.72. The van der Waals surface area contributed by atoms with E-state index in [0.29, 0.717) is 0 Å². The van der Waals surface area contributed by atoms with Gasteiger partial charge in [0.2, 0.25) is 0 Å². The topological polar surface area (TPSA) is 51.0 Å². The Morgan fingerprint density at radius 1 is 1.27 bits per heavy atom. The molecule has 22 heavy (non-hydrogen) atoms. The minimum absolute atomic E-state index is 0.0754. The largest absolute Gasteiger partial charge is 0.330 e. The summed E-state index contributed by atoms with van der Waals surface area (Å²) in [7, 11) is 1.88. The third kappa shape index (κ3) is 2.40. The standard InChI is InChI=1S/C17H22N4O/c1-11-7-5-8-14(18-11)15-9-6-10-21(15)17(22)16-12(2)19-20(4)13(16)3/h5,7-8,15H,6,9-10H2,1-4H3/t15-/m1/s1. The van der Waals surface area contributed by atoms with Gasteiger partial charge >= 0.3 is 0 Å². The van der Waals surface area contributed by atoms with E-state index in [9.17, 15) is 4.79 Å². The Morgan fingerprint density at radius 2 is 2.05 bits per heavy atom. The molecule has 0 aromatic carbocycles. The maximum Gasteiger partial charge on any atom is 0.258 e. The molecule has 0 unspecified atom stereocenters. The molecule has 5 heteroatoms. The lowest BCUT2D eigenvalue weighted by molar-refractivity contribution is 0.0731. The van der Waals surface area contributed by atoms with E-state index in [0.717, 1.165) is 47.7 Å². The van der Waals surface area contributed by atoms with Gasteiger partial charge in [-0.2, -0.15) is 5.10 Å². The highest BCUT2D eigenvalue weighted by atomic mass is 16.2. The second kappa shape index (κ2) is 5.55. The fourth-order valence-electron chi connectivity index (χ4n) is 3.29. The first kappa shape index (κ1) is 14.8. The van der Waals surface area contributed by atoms with E-state index in [4.69, 9.17) is 0 Å². The number of carbonyl (C=O) groups is 1. The maximum absolute atomic E-state index is 13.0. The minimum atomic E-state index is 0.0754. The highest BCUT2D eigenvalue weighted by Crippen LogP contribution is 2.33. The molecular weight excluding hydrogens is 276 g/mol. The van der Waals surface area contributed by atoms with Crippen molar-refractivity contribution in [1.82, 2.24) is 19.7 Å². The highest BCUT2D eigenvalue weighted by Gasteiger charge is 2.33. The van der Waals surface area contributed by atoms with Crippen molar-refractivity contribution in [2.75, 3.05) is 6.54 Å². The Labute approximate surface area is 131 Å². The molecule has 0 spiro atoms. The number of carbonyl (C=O) groups excluding carboxylic acids is 1. The van der Waals surface area contributed by atoms with Crippen molar-refractivity contribution in [2.24, 2.45) is 7.05 Å². The van der Waals surface area contributed by atoms with E-state index in [2.05, 4.69) is 10.1 Å². The monoisotopic (exact) mass is 298 g/mol. The van der Waals surface area contributed by atoms with Crippen LogP contribution in [0, 0.1) is 20.8 Å². The van der Waals surface area contributed by atoms with Gasteiger partial charge in [0.15, 0.2) is 0 Å². The van der Waals surface area contributed by atoms with E-state index >= 15 is 0 Å². The molecule has 5 nitrogen and oxygen atoms in total. The first-order valence-electron chi connectivity index (χ1n) is 7.73. The third-order valence-corrected chi connectivity index (χ3v) is 4.49. The van der Waals surface area contributed by atoms with Gasteiger partial charge in [0.05, 0.1) is 23.0 Å². The first-order chi connectivity index (χ1) is 10.5. The summed E-state index contributed by atoms with van der Waals surface area (Å²) in [4.78, 5) is 19.6. The number of nitrogens with zero attached hydrogens (tertiary/aromatic N) is 4. The molecule has 1 saturated heterocycles. The van der Waals surface area contributed by atoms with Crippen molar-refractivity contribution in [3.05, 3.63) is 46.5 Å². The van der Waals surface area contributed by atoms with Crippen LogP contribution in [0.2, 0.25) is 0 Å². The van der Waals surface area contributed by atoms with Crippen LogP contribution in [-0.4, -0.2) is 32.1 Å². The van der Waals surface area contributed by atoms with Crippen molar-refractivity contribution in [3.8, 4) is 0 Å². The molecular formula is C17H22N4O. The number of pyridine rings is 1. The van der Waals surface area contributed by atoms with E-state index < -0.39 is 0 Å². The lowest BCUT2D eigenvalue weighted by atomic mass is 10.1. The molecule has 0 saturated carbocycles. The zero-order valence-corrected chi connectivity index (χ0v) is 13.6. The van der Waals surface area contributed by atoms with Crippen molar-refractivity contribution in [2.45, 2.75) is 39.7 Å². The van der Waals surface area contributed by atoms with E-state index in [-0.39, 0.29) is 11.9 Å². The van der Waals surface area contributed by atoms with Crippen molar-refractivity contribution >= 4 is 5.91 Å². The molecule has 0 bridgehead atoms. The first-order valence-corrected chi connectivity index (χ1v) is 7.73. The Hall–Kier alpha value is -2.17. The molecule has 1 aliphatic heterocycles. The highest BCUT2D eigenvalue weighted by molar-refractivity contribution is 5.96. The second-order valence-electron chi connectivity index (χ2n) is 6.03. The normalized spacial score (nSPS) is 18.0. The van der Waals surface area contributed by atoms with Gasteiger partial charge in [-0.15, -0.1) is 0 Å². The van der Waals surface area contributed by atoms with E-state index in [1.807, 2.05) is 50.9 Å². The second-order valence-corrected chi connectivity index (χ2v) is 6.03. The van der Waals surface area contributed by atoms with Gasteiger partial charge in [-0.05, 0) is 45.7 Å². The lowest BCUT2D eigenvalue weighted by Crippen LogP contribution is -2.31. The fourth-order valence-corrected chi connectivity index (χ4v) is 3.29. The molecule has 1 atom stereocenters. The van der Waals surface area contributed by atoms with Gasteiger partial charge < -0.3 is 4.90 Å². The Morgan fingerprint density at radius 3 is 2.68 bits per heavy atom. The molecule has 3 heterocycles. The Kier molecular flexibility index (Phi) is 3.72. The van der Waals surface area contributed by atoms with Gasteiger partial charge in [-0.3, -0.25) is 14.5 Å². The van der Waals surface area contributed by atoms with Crippen LogP contribution in [0.1, 0.15) is 52.0 Å². The third-order valence-electron chi connectivity index (χ3n) is 4.49. The molecule has 3 rings (SSSR count). The number of likely N-dealkylation sites (tertiary alicyclic amines) is 1. The van der Waals surface area contributed by atoms with E-state index in [1.54, 1.807) is 4.68 Å². The molecule has 2 aromatic rings. The molecule has 1 aliphatic rings. The van der Waals surface area contributed by atoms with Crippen molar-refractivity contribution in [3.63, 3.8) is 0 Å². The summed E-state index contributed by atoms with van der Waals surface area (Å²) in [6, 6.07) is 6.09. The smallest absolute Gasteiger partial charge is 0.258 e. The van der Waals surface area contributed by atoms with Crippen molar-refractivity contribution < 1.29 is 4.79 Å². The summed E-state index contributed by atoms with van der Waals surface area (Å²) in [6.45, 7) is 6.62. The zero-order valence-electron chi connectivity index (χ0n) is 13.6. The molecule has 0 aliphatic carbocycles. The summed E-state index contributed by atoms with van der Waals surface area (Å²) < 4.78 is 1.78. The van der Waals surface area contributed by atoms with Crippen LogP contribution < -0.4 is 0 Å². The summed E-state index contributed by atoms with van der Waals surface area (Å²) in [5, 5.41) is 4.37. The number of hydrogen-bond donors (Lipinski definition) is 0. The molecule has 1 amide bonds. The number of hydrogen-bond acceptors (Lipinski definition) is 3. The number of amides is 1. The van der Waals surface area contributed by atoms with Gasteiger partial charge in [0, 0.05) is 25.0 Å². The number of aromatic nitrogens is 3. The van der Waals surface area contributed by atoms with Crippen LogP contribution in [0.25, 0.3) is 0 Å². The molecule has 0 radical (unpaired) electrons. The van der Waals surface area contributed by atoms with Crippen LogP contribution in [0.5, 0.6) is 0 Å². The predicted molar refractivity (Wildman–Crippen MR) is 84.7 cm³/mol. The maximum atomic E-state index is 13.0. The van der Waals surface area contributed by atoms with Crippen LogP contribution >= 0.6 is 0 Å². The van der Waals surface area contributed by atoms with Gasteiger partial charge in [0.1, 0.15) is 0 Å². The van der Waals surface area contributed by atoms with Crippen molar-refractivity contribution in [1.29, 1.82) is 0 Å².